The Morgan fingerprint density at radius 2 is 2.05 bits per heavy atom. The summed E-state index contributed by atoms with van der Waals surface area (Å²) in [6.45, 7) is 4.23. The highest BCUT2D eigenvalue weighted by molar-refractivity contribution is 9.10. The van der Waals surface area contributed by atoms with Crippen LogP contribution in [0, 0.1) is 0 Å². The summed E-state index contributed by atoms with van der Waals surface area (Å²) in [6.07, 6.45) is 3.03. The Balaban J connectivity index is 1.93. The molecule has 0 saturated heterocycles. The summed E-state index contributed by atoms with van der Waals surface area (Å²) in [6, 6.07) is 11.8. The fourth-order valence-corrected chi connectivity index (χ4v) is 2.35. The molecule has 5 heteroatoms. The molecule has 2 aromatic rings. The quantitative estimate of drug-likeness (QED) is 0.808. The monoisotopic (exact) mass is 361 g/mol. The normalized spacial score (nSPS) is 11.8. The van der Waals surface area contributed by atoms with Gasteiger partial charge in [-0.25, -0.2) is 4.98 Å². The summed E-state index contributed by atoms with van der Waals surface area (Å²) in [4.78, 5) is 16.4. The summed E-state index contributed by atoms with van der Waals surface area (Å²) in [5.41, 5.74) is 1.66. The second kappa shape index (κ2) is 7.94. The van der Waals surface area contributed by atoms with Gasteiger partial charge >= 0.3 is 0 Å². The molecule has 116 valence electrons. The molecule has 1 amide bonds. The van der Waals surface area contributed by atoms with Crippen LogP contribution in [0.4, 0.5) is 11.5 Å². The summed E-state index contributed by atoms with van der Waals surface area (Å²) < 4.78 is 0.941. The third kappa shape index (κ3) is 4.84. The van der Waals surface area contributed by atoms with Crippen molar-refractivity contribution in [1.29, 1.82) is 0 Å². The van der Waals surface area contributed by atoms with Crippen molar-refractivity contribution >= 4 is 33.3 Å². The van der Waals surface area contributed by atoms with Crippen molar-refractivity contribution < 1.29 is 4.79 Å². The van der Waals surface area contributed by atoms with E-state index in [1.807, 2.05) is 36.4 Å². The SMILES string of the molecule is CCC(C)Nc1ccc(NC(=O)Cc2ccccc2Br)cn1. The Labute approximate surface area is 139 Å². The van der Waals surface area contributed by atoms with E-state index in [9.17, 15) is 4.79 Å². The van der Waals surface area contributed by atoms with E-state index >= 15 is 0 Å². The van der Waals surface area contributed by atoms with Crippen LogP contribution in [-0.2, 0) is 11.2 Å². The molecule has 2 N–H and O–H groups in total. The van der Waals surface area contributed by atoms with Gasteiger partial charge in [-0.2, -0.15) is 0 Å². The Kier molecular flexibility index (Phi) is 5.95. The minimum atomic E-state index is -0.0589. The Morgan fingerprint density at radius 3 is 2.68 bits per heavy atom. The van der Waals surface area contributed by atoms with E-state index in [1.165, 1.54) is 0 Å². The van der Waals surface area contributed by atoms with Gasteiger partial charge in [0.05, 0.1) is 18.3 Å². The van der Waals surface area contributed by atoms with Crippen molar-refractivity contribution in [1.82, 2.24) is 4.98 Å². The number of aromatic nitrogens is 1. The number of rotatable bonds is 6. The topological polar surface area (TPSA) is 54.0 Å². The van der Waals surface area contributed by atoms with Crippen molar-refractivity contribution in [3.8, 4) is 0 Å². The van der Waals surface area contributed by atoms with E-state index in [0.717, 1.165) is 22.3 Å². The molecule has 4 nitrogen and oxygen atoms in total. The van der Waals surface area contributed by atoms with E-state index in [0.29, 0.717) is 18.2 Å². The minimum absolute atomic E-state index is 0.0589. The third-order valence-corrected chi connectivity index (χ3v) is 4.14. The average molecular weight is 362 g/mol. The molecule has 0 fully saturated rings. The predicted octanol–water partition coefficient (Wildman–Crippen LogP) is 4.24. The first-order valence-electron chi connectivity index (χ1n) is 7.34. The fourth-order valence-electron chi connectivity index (χ4n) is 1.93. The van der Waals surface area contributed by atoms with Crippen LogP contribution in [0.5, 0.6) is 0 Å². The molecule has 0 saturated carbocycles. The second-order valence-electron chi connectivity index (χ2n) is 5.20. The van der Waals surface area contributed by atoms with Gasteiger partial charge in [0.2, 0.25) is 5.91 Å². The molecule has 0 radical (unpaired) electrons. The van der Waals surface area contributed by atoms with Crippen LogP contribution >= 0.6 is 15.9 Å². The van der Waals surface area contributed by atoms with Gasteiger partial charge in [0.1, 0.15) is 5.82 Å². The van der Waals surface area contributed by atoms with Gasteiger partial charge in [-0.1, -0.05) is 41.1 Å². The van der Waals surface area contributed by atoms with Crippen molar-refractivity contribution in [2.45, 2.75) is 32.7 Å². The molecular weight excluding hydrogens is 342 g/mol. The summed E-state index contributed by atoms with van der Waals surface area (Å²) in [5, 5.41) is 6.15. The van der Waals surface area contributed by atoms with E-state index in [1.54, 1.807) is 6.20 Å². The number of nitrogens with one attached hydrogen (secondary N) is 2. The van der Waals surface area contributed by atoms with Gasteiger partial charge in [-0.3, -0.25) is 4.79 Å². The maximum atomic E-state index is 12.1. The molecule has 0 aliphatic heterocycles. The number of nitrogens with zero attached hydrogens (tertiary/aromatic N) is 1. The standard InChI is InChI=1S/C17H20BrN3O/c1-3-12(2)20-16-9-8-14(11-19-16)21-17(22)10-13-6-4-5-7-15(13)18/h4-9,11-12H,3,10H2,1-2H3,(H,19,20)(H,21,22). The minimum Gasteiger partial charge on any atom is -0.368 e. The van der Waals surface area contributed by atoms with Crippen LogP contribution in [0.1, 0.15) is 25.8 Å². The maximum absolute atomic E-state index is 12.1. The van der Waals surface area contributed by atoms with Gasteiger partial charge in [-0.05, 0) is 37.1 Å². The van der Waals surface area contributed by atoms with Crippen molar-refractivity contribution in [2.75, 3.05) is 10.6 Å². The van der Waals surface area contributed by atoms with Crippen molar-refractivity contribution in [3.63, 3.8) is 0 Å². The summed E-state index contributed by atoms with van der Waals surface area (Å²) >= 11 is 3.45. The van der Waals surface area contributed by atoms with E-state index < -0.39 is 0 Å². The zero-order valence-electron chi connectivity index (χ0n) is 12.8. The van der Waals surface area contributed by atoms with Gasteiger partial charge in [0.15, 0.2) is 0 Å². The second-order valence-corrected chi connectivity index (χ2v) is 6.06. The largest absolute Gasteiger partial charge is 0.368 e. The first-order valence-corrected chi connectivity index (χ1v) is 8.13. The lowest BCUT2D eigenvalue weighted by molar-refractivity contribution is -0.115. The maximum Gasteiger partial charge on any atom is 0.228 e. The van der Waals surface area contributed by atoms with Gasteiger partial charge in [0.25, 0.3) is 0 Å². The lowest BCUT2D eigenvalue weighted by Gasteiger charge is -2.12. The van der Waals surface area contributed by atoms with Crippen molar-refractivity contribution in [2.24, 2.45) is 0 Å². The number of hydrogen-bond donors (Lipinski definition) is 2. The molecule has 0 aliphatic carbocycles. The molecule has 22 heavy (non-hydrogen) atoms. The highest BCUT2D eigenvalue weighted by Crippen LogP contribution is 2.17. The fraction of sp³-hybridized carbons (Fsp3) is 0.294. The highest BCUT2D eigenvalue weighted by atomic mass is 79.9. The number of hydrogen-bond acceptors (Lipinski definition) is 3. The average Bonchev–Trinajstić information content (AvgIpc) is 2.51. The van der Waals surface area contributed by atoms with E-state index in [-0.39, 0.29) is 5.91 Å². The molecule has 0 bridgehead atoms. The van der Waals surface area contributed by atoms with Gasteiger partial charge in [-0.15, -0.1) is 0 Å². The molecule has 0 aliphatic rings. The third-order valence-electron chi connectivity index (χ3n) is 3.36. The van der Waals surface area contributed by atoms with Gasteiger partial charge < -0.3 is 10.6 Å². The smallest absolute Gasteiger partial charge is 0.228 e. The number of carbonyl (C=O) groups is 1. The summed E-state index contributed by atoms with van der Waals surface area (Å²) in [7, 11) is 0. The van der Waals surface area contributed by atoms with E-state index in [4.69, 9.17) is 0 Å². The van der Waals surface area contributed by atoms with Crippen LogP contribution in [0.3, 0.4) is 0 Å². The lowest BCUT2D eigenvalue weighted by atomic mass is 10.1. The van der Waals surface area contributed by atoms with Gasteiger partial charge in [0, 0.05) is 10.5 Å². The molecule has 1 aromatic heterocycles. The van der Waals surface area contributed by atoms with Crippen molar-refractivity contribution in [3.05, 3.63) is 52.6 Å². The number of amides is 1. The molecule has 1 heterocycles. The number of halogens is 1. The van der Waals surface area contributed by atoms with Crippen LogP contribution < -0.4 is 10.6 Å². The lowest BCUT2D eigenvalue weighted by Crippen LogP contribution is -2.16. The molecule has 0 spiro atoms. The van der Waals surface area contributed by atoms with E-state index in [2.05, 4.69) is 45.4 Å². The number of pyridine rings is 1. The molecular formula is C17H20BrN3O. The summed E-state index contributed by atoms with van der Waals surface area (Å²) in [5.74, 6) is 0.759. The highest BCUT2D eigenvalue weighted by Gasteiger charge is 2.07. The Bertz CT molecular complexity index is 628. The zero-order chi connectivity index (χ0) is 15.9. The van der Waals surface area contributed by atoms with Crippen LogP contribution in [0.25, 0.3) is 0 Å². The molecule has 1 aromatic carbocycles. The molecule has 1 unspecified atom stereocenters. The number of carbonyl (C=O) groups excluding carboxylic acids is 1. The molecule has 2 rings (SSSR count). The number of benzene rings is 1. The first-order chi connectivity index (χ1) is 10.6. The van der Waals surface area contributed by atoms with Crippen LogP contribution in [-0.4, -0.2) is 16.9 Å². The Morgan fingerprint density at radius 1 is 1.27 bits per heavy atom. The molecule has 1 atom stereocenters. The zero-order valence-corrected chi connectivity index (χ0v) is 14.4. The Hall–Kier alpha value is -1.88. The van der Waals surface area contributed by atoms with Crippen LogP contribution in [0.2, 0.25) is 0 Å². The van der Waals surface area contributed by atoms with Crippen LogP contribution in [0.15, 0.2) is 47.1 Å². The number of anilines is 2. The predicted molar refractivity (Wildman–Crippen MR) is 94.1 cm³/mol. The first kappa shape index (κ1) is 16.5.